The van der Waals surface area contributed by atoms with E-state index in [4.69, 9.17) is 4.74 Å². The van der Waals surface area contributed by atoms with Crippen molar-refractivity contribution in [3.63, 3.8) is 0 Å². The van der Waals surface area contributed by atoms with Gasteiger partial charge < -0.3 is 14.5 Å². The quantitative estimate of drug-likeness (QED) is 0.591. The Kier molecular flexibility index (Phi) is 7.68. The van der Waals surface area contributed by atoms with Crippen molar-refractivity contribution in [1.82, 2.24) is 14.7 Å². The molecule has 0 aromatic heterocycles. The number of amides is 2. The second-order valence-corrected chi connectivity index (χ2v) is 9.07. The lowest BCUT2D eigenvalue weighted by molar-refractivity contribution is -0.140. The van der Waals surface area contributed by atoms with Gasteiger partial charge in [0, 0.05) is 46.2 Å². The largest absolute Gasteiger partial charge is 0.481 e. The zero-order valence-corrected chi connectivity index (χ0v) is 20.3. The van der Waals surface area contributed by atoms with Crippen LogP contribution in [0.25, 0.3) is 0 Å². The molecule has 2 aromatic rings. The molecule has 0 aliphatic carbocycles. The molecule has 0 spiro atoms. The van der Waals surface area contributed by atoms with E-state index in [1.807, 2.05) is 53.1 Å². The monoisotopic (exact) mass is 461 g/mol. The van der Waals surface area contributed by atoms with Gasteiger partial charge in [0.05, 0.1) is 6.04 Å². The summed E-state index contributed by atoms with van der Waals surface area (Å²) in [7, 11) is 0. The minimum Gasteiger partial charge on any atom is -0.481 e. The average Bonchev–Trinajstić information content (AvgIpc) is 2.87. The van der Waals surface area contributed by atoms with Crippen LogP contribution in [0, 0.1) is 0 Å². The van der Waals surface area contributed by atoms with Crippen molar-refractivity contribution in [3.05, 3.63) is 77.9 Å². The zero-order valence-electron chi connectivity index (χ0n) is 20.3. The topological polar surface area (TPSA) is 53.1 Å². The summed E-state index contributed by atoms with van der Waals surface area (Å²) < 4.78 is 6.27. The Hall–Kier alpha value is -3.12. The maximum Gasteiger partial charge on any atom is 0.263 e. The Morgan fingerprint density at radius 1 is 1.09 bits per heavy atom. The summed E-state index contributed by atoms with van der Waals surface area (Å²) in [5.41, 5.74) is 3.37. The van der Waals surface area contributed by atoms with Crippen LogP contribution >= 0.6 is 0 Å². The van der Waals surface area contributed by atoms with Crippen LogP contribution in [-0.4, -0.2) is 71.9 Å². The van der Waals surface area contributed by atoms with E-state index >= 15 is 0 Å². The first-order valence-corrected chi connectivity index (χ1v) is 12.3. The molecule has 180 valence electrons. The fraction of sp³-hybridized carbons (Fsp3) is 0.429. The predicted molar refractivity (Wildman–Crippen MR) is 134 cm³/mol. The first-order chi connectivity index (χ1) is 16.5. The third kappa shape index (κ3) is 5.17. The highest BCUT2D eigenvalue weighted by Crippen LogP contribution is 2.37. The second-order valence-electron chi connectivity index (χ2n) is 9.07. The average molecular weight is 462 g/mol. The van der Waals surface area contributed by atoms with E-state index in [1.165, 1.54) is 5.56 Å². The van der Waals surface area contributed by atoms with Crippen LogP contribution in [0.1, 0.15) is 43.0 Å². The predicted octanol–water partition coefficient (Wildman–Crippen LogP) is 3.67. The third-order valence-corrected chi connectivity index (χ3v) is 6.86. The number of hydrogen-bond acceptors (Lipinski definition) is 4. The Balaban J connectivity index is 1.54. The number of benzene rings is 2. The van der Waals surface area contributed by atoms with E-state index < -0.39 is 6.10 Å². The van der Waals surface area contributed by atoms with Gasteiger partial charge in [0.2, 0.25) is 5.91 Å². The van der Waals surface area contributed by atoms with Gasteiger partial charge in [-0.05, 0) is 41.7 Å². The minimum absolute atomic E-state index is 0.0449. The molecular weight excluding hydrogens is 426 g/mol. The van der Waals surface area contributed by atoms with E-state index in [1.54, 1.807) is 6.92 Å². The van der Waals surface area contributed by atoms with Crippen LogP contribution in [0.15, 0.2) is 61.2 Å². The molecule has 34 heavy (non-hydrogen) atoms. The van der Waals surface area contributed by atoms with Crippen LogP contribution in [0.2, 0.25) is 0 Å². The van der Waals surface area contributed by atoms with Gasteiger partial charge in [-0.2, -0.15) is 0 Å². The maximum absolute atomic E-state index is 13.2. The van der Waals surface area contributed by atoms with Gasteiger partial charge in [0.1, 0.15) is 5.75 Å². The summed E-state index contributed by atoms with van der Waals surface area (Å²) in [6.45, 7) is 12.1. The molecule has 1 saturated heterocycles. The van der Waals surface area contributed by atoms with Gasteiger partial charge in [-0.1, -0.05) is 49.4 Å². The Morgan fingerprint density at radius 2 is 1.82 bits per heavy atom. The van der Waals surface area contributed by atoms with Crippen molar-refractivity contribution in [3.8, 4) is 5.75 Å². The standard InChI is InChI=1S/C28H35N3O3/c1-4-14-29-16-18-30(19-17-29)28(33)26(5-2)34-24-12-11-22-13-15-31(21(3)32)27(25(22)20-24)23-9-7-6-8-10-23/h4,6-12,20,26-27H,1,5,13-19H2,2-3H3/t26-,27-/m0/s1. The van der Waals surface area contributed by atoms with Gasteiger partial charge in [-0.15, -0.1) is 6.58 Å². The number of carbonyl (C=O) groups is 2. The maximum atomic E-state index is 13.2. The number of rotatable bonds is 7. The molecule has 2 aliphatic heterocycles. The molecule has 0 unspecified atom stereocenters. The molecule has 1 fully saturated rings. The lowest BCUT2D eigenvalue weighted by atomic mass is 9.88. The van der Waals surface area contributed by atoms with Gasteiger partial charge in [0.25, 0.3) is 5.91 Å². The van der Waals surface area contributed by atoms with Gasteiger partial charge in [0.15, 0.2) is 6.10 Å². The molecular formula is C28H35N3O3. The molecule has 6 heteroatoms. The normalized spacial score (nSPS) is 19.3. The summed E-state index contributed by atoms with van der Waals surface area (Å²) in [5, 5.41) is 0. The van der Waals surface area contributed by atoms with Crippen LogP contribution in [0.5, 0.6) is 5.75 Å². The van der Waals surface area contributed by atoms with E-state index in [2.05, 4.69) is 29.7 Å². The lowest BCUT2D eigenvalue weighted by Crippen LogP contribution is -2.52. The molecule has 2 heterocycles. The molecule has 2 atom stereocenters. The van der Waals surface area contributed by atoms with Crippen molar-refractivity contribution in [1.29, 1.82) is 0 Å². The molecule has 2 aromatic carbocycles. The number of piperazine rings is 1. The van der Waals surface area contributed by atoms with E-state index in [0.29, 0.717) is 31.8 Å². The number of fused-ring (bicyclic) bond motifs is 1. The SMILES string of the molecule is C=CCN1CCN(C(=O)[C@H](CC)Oc2ccc3c(c2)[C@H](c2ccccc2)N(C(C)=O)CC3)CC1. The fourth-order valence-electron chi connectivity index (χ4n) is 5.01. The van der Waals surface area contributed by atoms with Crippen molar-refractivity contribution in [2.75, 3.05) is 39.3 Å². The van der Waals surface area contributed by atoms with Crippen molar-refractivity contribution >= 4 is 11.8 Å². The zero-order chi connectivity index (χ0) is 24.1. The van der Waals surface area contributed by atoms with Crippen LogP contribution in [0.4, 0.5) is 0 Å². The number of hydrogen-bond donors (Lipinski definition) is 0. The Labute approximate surface area is 202 Å². The first kappa shape index (κ1) is 24.0. The second kappa shape index (κ2) is 10.9. The van der Waals surface area contributed by atoms with Crippen molar-refractivity contribution < 1.29 is 14.3 Å². The summed E-state index contributed by atoms with van der Waals surface area (Å²) in [6, 6.07) is 16.0. The fourth-order valence-corrected chi connectivity index (χ4v) is 5.01. The Morgan fingerprint density at radius 3 is 2.47 bits per heavy atom. The van der Waals surface area contributed by atoms with Gasteiger partial charge >= 0.3 is 0 Å². The summed E-state index contributed by atoms with van der Waals surface area (Å²) in [5.74, 6) is 0.780. The van der Waals surface area contributed by atoms with Crippen LogP contribution in [-0.2, 0) is 16.0 Å². The van der Waals surface area contributed by atoms with Gasteiger partial charge in [-0.3, -0.25) is 14.5 Å². The number of ether oxygens (including phenoxy) is 1. The highest BCUT2D eigenvalue weighted by molar-refractivity contribution is 5.81. The third-order valence-electron chi connectivity index (χ3n) is 6.86. The van der Waals surface area contributed by atoms with E-state index in [9.17, 15) is 9.59 Å². The van der Waals surface area contributed by atoms with Crippen molar-refractivity contribution in [2.45, 2.75) is 38.8 Å². The molecule has 0 N–H and O–H groups in total. The molecule has 0 bridgehead atoms. The number of nitrogens with zero attached hydrogens (tertiary/aromatic N) is 3. The highest BCUT2D eigenvalue weighted by atomic mass is 16.5. The number of carbonyl (C=O) groups excluding carboxylic acids is 2. The summed E-state index contributed by atoms with van der Waals surface area (Å²) in [6.07, 6.45) is 2.79. The van der Waals surface area contributed by atoms with Crippen LogP contribution in [0.3, 0.4) is 0 Å². The molecule has 4 rings (SSSR count). The van der Waals surface area contributed by atoms with Crippen molar-refractivity contribution in [2.24, 2.45) is 0 Å². The highest BCUT2D eigenvalue weighted by Gasteiger charge is 2.32. The van der Waals surface area contributed by atoms with E-state index in [-0.39, 0.29) is 17.9 Å². The summed E-state index contributed by atoms with van der Waals surface area (Å²) >= 11 is 0. The molecule has 0 radical (unpaired) electrons. The first-order valence-electron chi connectivity index (χ1n) is 12.3. The van der Waals surface area contributed by atoms with E-state index in [0.717, 1.165) is 37.2 Å². The molecule has 2 aliphatic rings. The summed E-state index contributed by atoms with van der Waals surface area (Å²) in [4.78, 5) is 31.8. The Bertz CT molecular complexity index is 1010. The molecule has 0 saturated carbocycles. The lowest BCUT2D eigenvalue weighted by Gasteiger charge is -2.38. The molecule has 6 nitrogen and oxygen atoms in total. The van der Waals surface area contributed by atoms with Gasteiger partial charge in [-0.25, -0.2) is 0 Å². The smallest absolute Gasteiger partial charge is 0.263 e. The minimum atomic E-state index is -0.522. The molecule has 2 amide bonds. The van der Waals surface area contributed by atoms with Crippen LogP contribution < -0.4 is 4.74 Å².